The molecule has 0 nitrogen and oxygen atoms in total. The molecule has 0 amide bonds. The molecule has 0 rings (SSSR count). The summed E-state index contributed by atoms with van der Waals surface area (Å²) in [6.07, 6.45) is -9.09. The Labute approximate surface area is 158 Å². The first-order chi connectivity index (χ1) is 12.9. The maximum absolute atomic E-state index is 13.5. The second-order valence-corrected chi connectivity index (χ2v) is 6.69. The Morgan fingerprint density at radius 2 is 1.03 bits per heavy atom. The Balaban J connectivity index is 5.15. The molecule has 0 aliphatic heterocycles. The van der Waals surface area contributed by atoms with Crippen LogP contribution in [0.4, 0.5) is 57.1 Å². The molecule has 0 fully saturated rings. The summed E-state index contributed by atoms with van der Waals surface area (Å²) in [5, 5.41) is 0. The molecule has 13 heteroatoms. The third-order valence-corrected chi connectivity index (χ3v) is 4.32. The maximum atomic E-state index is 13.5. The summed E-state index contributed by atoms with van der Waals surface area (Å²) in [7, 11) is 0. The lowest BCUT2D eigenvalue weighted by molar-refractivity contribution is -0.413. The Morgan fingerprint density at radius 3 is 1.45 bits per heavy atom. The summed E-state index contributed by atoms with van der Waals surface area (Å²) in [6.45, 7) is 1.83. The van der Waals surface area contributed by atoms with Gasteiger partial charge in [-0.15, -0.1) is 0 Å². The van der Waals surface area contributed by atoms with Gasteiger partial charge in [0.05, 0.1) is 0 Å². The van der Waals surface area contributed by atoms with Gasteiger partial charge in [0.2, 0.25) is 0 Å². The summed E-state index contributed by atoms with van der Waals surface area (Å²) in [5.74, 6) is -35.0. The quantitative estimate of drug-likeness (QED) is 0.183. The first-order valence-corrected chi connectivity index (χ1v) is 8.71. The molecule has 0 radical (unpaired) electrons. The summed E-state index contributed by atoms with van der Waals surface area (Å²) < 4.78 is 169. The van der Waals surface area contributed by atoms with Gasteiger partial charge in [-0.2, -0.15) is 43.9 Å². The predicted molar refractivity (Wildman–Crippen MR) is 78.2 cm³/mol. The monoisotopic (exact) mass is 460 g/mol. The van der Waals surface area contributed by atoms with Crippen LogP contribution in [0.2, 0.25) is 0 Å². The minimum atomic E-state index is -7.49. The van der Waals surface area contributed by atoms with E-state index in [1.165, 1.54) is 0 Å². The molecule has 0 bridgehead atoms. The van der Waals surface area contributed by atoms with Gasteiger partial charge in [-0.25, -0.2) is 13.2 Å². The van der Waals surface area contributed by atoms with E-state index in [4.69, 9.17) is 0 Å². The smallest absolute Gasteiger partial charge is 0.247 e. The lowest BCUT2D eigenvalue weighted by Crippen LogP contribution is -2.68. The fourth-order valence-corrected chi connectivity index (χ4v) is 2.40. The van der Waals surface area contributed by atoms with Gasteiger partial charge in [0, 0.05) is 6.42 Å². The van der Waals surface area contributed by atoms with Crippen LogP contribution in [0.3, 0.4) is 0 Å². The minimum absolute atomic E-state index is 0.0490. The SMILES string of the molecule is CCCCCC(F)CCCCC(F)(F)C(F)(F)C(F)(F)C(F)(F)C(F)(F)C(F)F. The number of unbranched alkanes of at least 4 members (excludes halogenated alkanes) is 3. The number of rotatable bonds is 14. The molecule has 0 aromatic heterocycles. The minimum Gasteiger partial charge on any atom is -0.247 e. The van der Waals surface area contributed by atoms with E-state index in [0.717, 1.165) is 6.42 Å². The molecule has 0 heterocycles. The standard InChI is InChI=1S/C16H21F13/c1-2-3-4-7-10(17)8-5-6-9-12(20,21)14(24,25)16(28,29)15(26,27)13(22,23)11(18)19/h10-11H,2-9H2,1H3. The zero-order valence-corrected chi connectivity index (χ0v) is 15.2. The first kappa shape index (κ1) is 28.1. The normalized spacial score (nSPS) is 15.8. The zero-order chi connectivity index (χ0) is 23.3. The van der Waals surface area contributed by atoms with Crippen molar-refractivity contribution in [3.05, 3.63) is 0 Å². The average molecular weight is 460 g/mol. The molecule has 1 unspecified atom stereocenters. The molecular weight excluding hydrogens is 439 g/mol. The molecule has 0 N–H and O–H groups in total. The van der Waals surface area contributed by atoms with Crippen molar-refractivity contribution in [2.75, 3.05) is 0 Å². The topological polar surface area (TPSA) is 0 Å². The lowest BCUT2D eigenvalue weighted by Gasteiger charge is -2.39. The van der Waals surface area contributed by atoms with Crippen molar-refractivity contribution in [2.45, 2.75) is 101 Å². The molecule has 0 aromatic rings. The van der Waals surface area contributed by atoms with Crippen LogP contribution in [0.1, 0.15) is 58.3 Å². The highest BCUT2D eigenvalue weighted by atomic mass is 19.4. The average Bonchev–Trinajstić information content (AvgIpc) is 2.58. The van der Waals surface area contributed by atoms with Gasteiger partial charge in [0.25, 0.3) is 0 Å². The van der Waals surface area contributed by atoms with E-state index < -0.39 is 61.5 Å². The Bertz CT molecular complexity index is 487. The van der Waals surface area contributed by atoms with Gasteiger partial charge in [-0.05, 0) is 19.3 Å². The highest BCUT2D eigenvalue weighted by molar-refractivity contribution is 5.08. The van der Waals surface area contributed by atoms with Gasteiger partial charge in [0.15, 0.2) is 0 Å². The fourth-order valence-electron chi connectivity index (χ4n) is 2.40. The fraction of sp³-hybridized carbons (Fsp3) is 1.00. The van der Waals surface area contributed by atoms with Crippen LogP contribution >= 0.6 is 0 Å². The molecular formula is C16H21F13. The van der Waals surface area contributed by atoms with Crippen LogP contribution in [0.5, 0.6) is 0 Å². The maximum Gasteiger partial charge on any atom is 0.384 e. The van der Waals surface area contributed by atoms with Gasteiger partial charge in [-0.3, -0.25) is 0 Å². The van der Waals surface area contributed by atoms with Crippen LogP contribution in [0, 0.1) is 0 Å². The van der Waals surface area contributed by atoms with E-state index in [0.29, 0.717) is 12.8 Å². The lowest BCUT2D eigenvalue weighted by atomic mass is 9.91. The van der Waals surface area contributed by atoms with Gasteiger partial charge in [0.1, 0.15) is 6.17 Å². The molecule has 0 saturated heterocycles. The molecule has 29 heavy (non-hydrogen) atoms. The Hall–Kier alpha value is -0.910. The van der Waals surface area contributed by atoms with Crippen molar-refractivity contribution in [1.29, 1.82) is 0 Å². The van der Waals surface area contributed by atoms with Crippen LogP contribution in [-0.4, -0.2) is 42.2 Å². The highest BCUT2D eigenvalue weighted by Gasteiger charge is 2.87. The second-order valence-electron chi connectivity index (χ2n) is 6.69. The Morgan fingerprint density at radius 1 is 0.586 bits per heavy atom. The summed E-state index contributed by atoms with van der Waals surface area (Å²) in [5.41, 5.74) is 0. The van der Waals surface area contributed by atoms with Gasteiger partial charge >= 0.3 is 36.0 Å². The third-order valence-electron chi connectivity index (χ3n) is 4.32. The predicted octanol–water partition coefficient (Wildman–Crippen LogP) is 7.91. The van der Waals surface area contributed by atoms with Crippen molar-refractivity contribution in [1.82, 2.24) is 0 Å². The number of hydrogen-bond acceptors (Lipinski definition) is 0. The molecule has 0 aromatic carbocycles. The number of hydrogen-bond donors (Lipinski definition) is 0. The molecule has 0 spiro atoms. The highest BCUT2D eigenvalue weighted by Crippen LogP contribution is 2.58. The van der Waals surface area contributed by atoms with Crippen molar-refractivity contribution >= 4 is 0 Å². The first-order valence-electron chi connectivity index (χ1n) is 8.71. The number of alkyl halides is 13. The van der Waals surface area contributed by atoms with Crippen LogP contribution in [-0.2, 0) is 0 Å². The largest absolute Gasteiger partial charge is 0.384 e. The third kappa shape index (κ3) is 5.83. The van der Waals surface area contributed by atoms with Gasteiger partial charge in [-0.1, -0.05) is 32.6 Å². The van der Waals surface area contributed by atoms with E-state index in [-0.39, 0.29) is 12.8 Å². The molecule has 0 saturated carbocycles. The summed E-state index contributed by atoms with van der Waals surface area (Å²) in [6, 6.07) is 0. The zero-order valence-electron chi connectivity index (χ0n) is 15.2. The van der Waals surface area contributed by atoms with E-state index in [2.05, 4.69) is 0 Å². The Kier molecular flexibility index (Phi) is 9.62. The molecule has 0 aliphatic carbocycles. The van der Waals surface area contributed by atoms with E-state index in [1.54, 1.807) is 0 Å². The number of halogens is 13. The second kappa shape index (κ2) is 9.93. The van der Waals surface area contributed by atoms with Crippen molar-refractivity contribution in [3.8, 4) is 0 Å². The van der Waals surface area contributed by atoms with Crippen molar-refractivity contribution in [2.24, 2.45) is 0 Å². The van der Waals surface area contributed by atoms with Crippen LogP contribution < -0.4 is 0 Å². The van der Waals surface area contributed by atoms with Crippen LogP contribution in [0.25, 0.3) is 0 Å². The van der Waals surface area contributed by atoms with E-state index in [1.807, 2.05) is 6.92 Å². The van der Waals surface area contributed by atoms with Crippen molar-refractivity contribution < 1.29 is 57.1 Å². The molecule has 176 valence electrons. The van der Waals surface area contributed by atoms with Crippen LogP contribution in [0.15, 0.2) is 0 Å². The van der Waals surface area contributed by atoms with Crippen molar-refractivity contribution in [3.63, 3.8) is 0 Å². The van der Waals surface area contributed by atoms with E-state index in [9.17, 15) is 57.1 Å². The van der Waals surface area contributed by atoms with E-state index >= 15 is 0 Å². The molecule has 0 aliphatic rings. The summed E-state index contributed by atoms with van der Waals surface area (Å²) >= 11 is 0. The summed E-state index contributed by atoms with van der Waals surface area (Å²) in [4.78, 5) is 0. The molecule has 1 atom stereocenters. The van der Waals surface area contributed by atoms with Gasteiger partial charge < -0.3 is 0 Å².